The lowest BCUT2D eigenvalue weighted by atomic mass is 10.2. The van der Waals surface area contributed by atoms with E-state index in [-0.39, 0.29) is 31.0 Å². The predicted octanol–water partition coefficient (Wildman–Crippen LogP) is 3.55. The molecule has 1 aromatic heterocycles. The lowest BCUT2D eigenvalue weighted by Crippen LogP contribution is -2.42. The summed E-state index contributed by atoms with van der Waals surface area (Å²) in [6.07, 6.45) is 2.27. The minimum Gasteiger partial charge on any atom is -0.377 e. The molecule has 1 fully saturated rings. The Balaban J connectivity index is 1.48. The number of ether oxygens (including phenoxy) is 1. The highest BCUT2D eigenvalue weighted by Gasteiger charge is 2.21. The van der Waals surface area contributed by atoms with Crippen molar-refractivity contribution in [2.75, 3.05) is 31.6 Å². The molecule has 1 aliphatic heterocycles. The van der Waals surface area contributed by atoms with Gasteiger partial charge >= 0.3 is 0 Å². The van der Waals surface area contributed by atoms with Crippen molar-refractivity contribution in [3.8, 4) is 0 Å². The standard InChI is InChI=1S/C21H26BrN3O3S/c1-15-10-16(22)6-7-19(15)24-20(26)11-23-21(27)14-25(12-17-4-2-8-28-17)13-18-5-3-9-29-18/h3,5-7,9-10,17H,2,4,8,11-14H2,1H3,(H,23,27)(H,24,26). The third-order valence-corrected chi connectivity index (χ3v) is 6.08. The molecule has 2 aromatic rings. The van der Waals surface area contributed by atoms with E-state index in [0.29, 0.717) is 6.54 Å². The number of carbonyl (C=O) groups is 2. The van der Waals surface area contributed by atoms with Gasteiger partial charge in [0.25, 0.3) is 0 Å². The van der Waals surface area contributed by atoms with Crippen molar-refractivity contribution in [2.45, 2.75) is 32.4 Å². The van der Waals surface area contributed by atoms with Crippen molar-refractivity contribution in [1.82, 2.24) is 10.2 Å². The Morgan fingerprint density at radius 1 is 1.31 bits per heavy atom. The molecule has 1 atom stereocenters. The van der Waals surface area contributed by atoms with Gasteiger partial charge in [0.05, 0.1) is 19.2 Å². The SMILES string of the molecule is Cc1cc(Br)ccc1NC(=O)CNC(=O)CN(Cc1cccs1)CC1CCCO1. The summed E-state index contributed by atoms with van der Waals surface area (Å²) in [6, 6.07) is 9.72. The number of carbonyl (C=O) groups excluding carboxylic acids is 2. The quantitative estimate of drug-likeness (QED) is 0.576. The largest absolute Gasteiger partial charge is 0.377 e. The van der Waals surface area contributed by atoms with Gasteiger partial charge in [-0.1, -0.05) is 22.0 Å². The molecule has 0 bridgehead atoms. The molecule has 0 radical (unpaired) electrons. The molecule has 156 valence electrons. The van der Waals surface area contributed by atoms with Gasteiger partial charge in [-0.2, -0.15) is 0 Å². The fraction of sp³-hybridized carbons (Fsp3) is 0.429. The average molecular weight is 480 g/mol. The van der Waals surface area contributed by atoms with Crippen LogP contribution in [-0.4, -0.2) is 49.1 Å². The number of anilines is 1. The minimum atomic E-state index is -0.243. The van der Waals surface area contributed by atoms with Gasteiger partial charge in [-0.15, -0.1) is 11.3 Å². The highest BCUT2D eigenvalue weighted by Crippen LogP contribution is 2.20. The first-order valence-corrected chi connectivity index (χ1v) is 11.4. The Bertz CT molecular complexity index is 823. The highest BCUT2D eigenvalue weighted by molar-refractivity contribution is 9.10. The summed E-state index contributed by atoms with van der Waals surface area (Å²) in [6.45, 7) is 4.32. The summed E-state index contributed by atoms with van der Waals surface area (Å²) in [5, 5.41) is 7.60. The number of amides is 2. The lowest BCUT2D eigenvalue weighted by molar-refractivity contribution is -0.125. The molecule has 6 nitrogen and oxygen atoms in total. The fourth-order valence-corrected chi connectivity index (χ4v) is 4.51. The topological polar surface area (TPSA) is 70.7 Å². The number of aryl methyl sites for hydroxylation is 1. The van der Waals surface area contributed by atoms with Gasteiger partial charge in [0.2, 0.25) is 11.8 Å². The summed E-state index contributed by atoms with van der Waals surface area (Å²) in [7, 11) is 0. The average Bonchev–Trinajstić information content (AvgIpc) is 3.36. The van der Waals surface area contributed by atoms with Crippen LogP contribution in [-0.2, 0) is 20.9 Å². The lowest BCUT2D eigenvalue weighted by Gasteiger charge is -2.24. The van der Waals surface area contributed by atoms with Gasteiger partial charge in [-0.3, -0.25) is 14.5 Å². The van der Waals surface area contributed by atoms with E-state index in [1.165, 1.54) is 4.88 Å². The van der Waals surface area contributed by atoms with Crippen molar-refractivity contribution in [3.05, 3.63) is 50.6 Å². The summed E-state index contributed by atoms with van der Waals surface area (Å²) in [4.78, 5) is 28.0. The van der Waals surface area contributed by atoms with Crippen LogP contribution in [0.5, 0.6) is 0 Å². The molecule has 1 saturated heterocycles. The maximum Gasteiger partial charge on any atom is 0.243 e. The molecule has 1 aliphatic rings. The van der Waals surface area contributed by atoms with Crippen LogP contribution in [0, 0.1) is 6.92 Å². The van der Waals surface area contributed by atoms with Gasteiger partial charge in [0.1, 0.15) is 0 Å². The Labute approximate surface area is 183 Å². The second-order valence-corrected chi connectivity index (χ2v) is 9.12. The Hall–Kier alpha value is -1.74. The molecule has 2 N–H and O–H groups in total. The monoisotopic (exact) mass is 479 g/mol. The molecular formula is C21H26BrN3O3S. The molecule has 2 heterocycles. The van der Waals surface area contributed by atoms with Gasteiger partial charge in [-0.05, 0) is 55.0 Å². The number of rotatable bonds is 9. The van der Waals surface area contributed by atoms with Crippen molar-refractivity contribution in [2.24, 2.45) is 0 Å². The molecule has 29 heavy (non-hydrogen) atoms. The van der Waals surface area contributed by atoms with Crippen molar-refractivity contribution in [3.63, 3.8) is 0 Å². The fourth-order valence-electron chi connectivity index (χ4n) is 3.28. The molecule has 1 aromatic carbocycles. The van der Waals surface area contributed by atoms with Crippen molar-refractivity contribution in [1.29, 1.82) is 0 Å². The summed E-state index contributed by atoms with van der Waals surface area (Å²) in [5.74, 6) is -0.407. The van der Waals surface area contributed by atoms with E-state index >= 15 is 0 Å². The zero-order chi connectivity index (χ0) is 20.6. The van der Waals surface area contributed by atoms with Crippen LogP contribution in [0.1, 0.15) is 23.3 Å². The maximum absolute atomic E-state index is 12.4. The molecular weight excluding hydrogens is 454 g/mol. The summed E-state index contributed by atoms with van der Waals surface area (Å²) >= 11 is 5.08. The van der Waals surface area contributed by atoms with E-state index in [1.54, 1.807) is 11.3 Å². The van der Waals surface area contributed by atoms with E-state index in [9.17, 15) is 9.59 Å². The van der Waals surface area contributed by atoms with E-state index < -0.39 is 0 Å². The first-order chi connectivity index (χ1) is 14.0. The van der Waals surface area contributed by atoms with E-state index in [0.717, 1.165) is 41.7 Å². The number of nitrogens with one attached hydrogen (secondary N) is 2. The number of benzene rings is 1. The zero-order valence-electron chi connectivity index (χ0n) is 16.4. The maximum atomic E-state index is 12.4. The van der Waals surface area contributed by atoms with Crippen LogP contribution < -0.4 is 10.6 Å². The molecule has 3 rings (SSSR count). The molecule has 0 saturated carbocycles. The first-order valence-electron chi connectivity index (χ1n) is 9.68. The number of hydrogen-bond donors (Lipinski definition) is 2. The number of nitrogens with zero attached hydrogens (tertiary/aromatic N) is 1. The number of thiophene rings is 1. The number of hydrogen-bond acceptors (Lipinski definition) is 5. The van der Waals surface area contributed by atoms with Crippen LogP contribution >= 0.6 is 27.3 Å². The second-order valence-electron chi connectivity index (χ2n) is 7.17. The van der Waals surface area contributed by atoms with Gasteiger partial charge in [0.15, 0.2) is 0 Å². The van der Waals surface area contributed by atoms with Crippen LogP contribution in [0.4, 0.5) is 5.69 Å². The van der Waals surface area contributed by atoms with Crippen molar-refractivity contribution < 1.29 is 14.3 Å². The first kappa shape index (κ1) is 22.0. The Morgan fingerprint density at radius 3 is 2.86 bits per heavy atom. The molecule has 0 spiro atoms. The molecule has 2 amide bonds. The molecule has 0 aliphatic carbocycles. The van der Waals surface area contributed by atoms with Gasteiger partial charge in [-0.25, -0.2) is 0 Å². The normalized spacial score (nSPS) is 16.2. The van der Waals surface area contributed by atoms with Crippen LogP contribution in [0.3, 0.4) is 0 Å². The molecule has 1 unspecified atom stereocenters. The summed E-state index contributed by atoms with van der Waals surface area (Å²) in [5.41, 5.74) is 1.70. The smallest absolute Gasteiger partial charge is 0.243 e. The van der Waals surface area contributed by atoms with Crippen LogP contribution in [0.25, 0.3) is 0 Å². The third-order valence-electron chi connectivity index (χ3n) is 4.72. The highest BCUT2D eigenvalue weighted by atomic mass is 79.9. The van der Waals surface area contributed by atoms with Crippen LogP contribution in [0.15, 0.2) is 40.2 Å². The van der Waals surface area contributed by atoms with Gasteiger partial charge in [0, 0.05) is 34.7 Å². The van der Waals surface area contributed by atoms with E-state index in [2.05, 4.69) is 37.5 Å². The Morgan fingerprint density at radius 2 is 2.17 bits per heavy atom. The third kappa shape index (κ3) is 7.22. The van der Waals surface area contributed by atoms with Gasteiger partial charge < -0.3 is 15.4 Å². The van der Waals surface area contributed by atoms with E-state index in [4.69, 9.17) is 4.74 Å². The van der Waals surface area contributed by atoms with Crippen molar-refractivity contribution >= 4 is 44.8 Å². The predicted molar refractivity (Wildman–Crippen MR) is 119 cm³/mol. The van der Waals surface area contributed by atoms with E-state index in [1.807, 2.05) is 36.6 Å². The van der Waals surface area contributed by atoms with Crippen LogP contribution in [0.2, 0.25) is 0 Å². The number of halogens is 1. The molecule has 8 heteroatoms. The summed E-state index contributed by atoms with van der Waals surface area (Å²) < 4.78 is 6.69. The minimum absolute atomic E-state index is 0.0545. The zero-order valence-corrected chi connectivity index (χ0v) is 18.9. The second kappa shape index (κ2) is 10.9. The Kier molecular flexibility index (Phi) is 8.23.